The maximum atomic E-state index is 10.7. The molecule has 0 bridgehead atoms. The van der Waals surface area contributed by atoms with E-state index in [0.29, 0.717) is 11.7 Å². The van der Waals surface area contributed by atoms with Gasteiger partial charge in [0, 0.05) is 23.2 Å². The van der Waals surface area contributed by atoms with Gasteiger partial charge in [-0.05, 0) is 43.4 Å². The van der Waals surface area contributed by atoms with Crippen molar-refractivity contribution >= 4 is 29.5 Å². The summed E-state index contributed by atoms with van der Waals surface area (Å²) >= 11 is 4.08. The Morgan fingerprint density at radius 3 is 2.69 bits per heavy atom. The second kappa shape index (κ2) is 13.1. The third-order valence-electron chi connectivity index (χ3n) is 4.47. The summed E-state index contributed by atoms with van der Waals surface area (Å²) in [6.07, 6.45) is 13.5. The maximum Gasteiger partial charge on any atom is 0.303 e. The highest BCUT2D eigenvalue weighted by Gasteiger charge is 2.11. The number of carbonyl (C=O) groups is 1. The van der Waals surface area contributed by atoms with Crippen molar-refractivity contribution in [3.63, 3.8) is 0 Å². The molecule has 1 aliphatic carbocycles. The van der Waals surface area contributed by atoms with Gasteiger partial charge in [0.05, 0.1) is 0 Å². The summed E-state index contributed by atoms with van der Waals surface area (Å²) in [6, 6.07) is 10.6. The first-order valence-corrected chi connectivity index (χ1v) is 11.7. The number of rotatable bonds is 13. The van der Waals surface area contributed by atoms with Gasteiger partial charge < -0.3 is 5.11 Å². The second-order valence-corrected chi connectivity index (χ2v) is 9.08. The van der Waals surface area contributed by atoms with E-state index in [-0.39, 0.29) is 0 Å². The average molecular weight is 391 g/mol. The number of carboxylic acid groups (broad SMARTS) is 1. The molecule has 26 heavy (non-hydrogen) atoms. The largest absolute Gasteiger partial charge is 0.481 e. The van der Waals surface area contributed by atoms with Crippen molar-refractivity contribution in [3.8, 4) is 0 Å². The topological polar surface area (TPSA) is 37.3 Å². The fourth-order valence-corrected chi connectivity index (χ4v) is 5.42. The third kappa shape index (κ3) is 9.54. The minimum atomic E-state index is -0.677. The molecule has 1 unspecified atom stereocenters. The molecule has 0 heterocycles. The lowest BCUT2D eigenvalue weighted by Crippen LogP contribution is -2.06. The minimum absolute atomic E-state index is 0.298. The van der Waals surface area contributed by atoms with Crippen molar-refractivity contribution in [1.82, 2.24) is 0 Å². The molecule has 2 nitrogen and oxygen atoms in total. The third-order valence-corrected chi connectivity index (χ3v) is 7.01. The monoisotopic (exact) mass is 390 g/mol. The smallest absolute Gasteiger partial charge is 0.303 e. The molecule has 142 valence electrons. The molecule has 0 aliphatic heterocycles. The molecule has 0 saturated heterocycles. The van der Waals surface area contributed by atoms with Gasteiger partial charge in [0.2, 0.25) is 0 Å². The minimum Gasteiger partial charge on any atom is -0.481 e. The van der Waals surface area contributed by atoms with Crippen LogP contribution in [0, 0.1) is 0 Å². The van der Waals surface area contributed by atoms with Gasteiger partial charge in [-0.15, -0.1) is 0 Å². The Balaban J connectivity index is 1.70. The van der Waals surface area contributed by atoms with Crippen molar-refractivity contribution in [2.24, 2.45) is 0 Å². The summed E-state index contributed by atoms with van der Waals surface area (Å²) in [4.78, 5) is 10.7. The number of allylic oxidation sites excluding steroid dienone is 3. The standard InChI is InChI=1S/C22H30O2S2/c23-22(24)14-8-7-13-21(26-18-20-11-5-2-6-12-20)15-16-25-17-19-9-3-1-4-10-19/h1-3,5-6,9,11-12,21H,4,7-8,10,13-18H2,(H,23,24). The van der Waals surface area contributed by atoms with Gasteiger partial charge in [-0.1, -0.05) is 60.6 Å². The average Bonchev–Trinajstić information content (AvgIpc) is 2.67. The zero-order valence-corrected chi connectivity index (χ0v) is 17.1. The highest BCUT2D eigenvalue weighted by atomic mass is 32.2. The molecule has 0 amide bonds. The van der Waals surface area contributed by atoms with Gasteiger partial charge in [-0.2, -0.15) is 23.5 Å². The van der Waals surface area contributed by atoms with E-state index in [0.717, 1.165) is 30.8 Å². The van der Waals surface area contributed by atoms with E-state index in [9.17, 15) is 4.79 Å². The molecule has 1 aliphatic rings. The van der Waals surface area contributed by atoms with Crippen LogP contribution in [0.5, 0.6) is 0 Å². The van der Waals surface area contributed by atoms with Crippen molar-refractivity contribution in [2.75, 3.05) is 11.5 Å². The molecule has 1 N–H and O–H groups in total. The number of aliphatic carboxylic acids is 1. The predicted octanol–water partition coefficient (Wildman–Crippen LogP) is 6.33. The second-order valence-electron chi connectivity index (χ2n) is 6.69. The van der Waals surface area contributed by atoms with Crippen LogP contribution in [-0.2, 0) is 10.5 Å². The summed E-state index contributed by atoms with van der Waals surface area (Å²) in [6.45, 7) is 0. The predicted molar refractivity (Wildman–Crippen MR) is 116 cm³/mol. The van der Waals surface area contributed by atoms with Crippen molar-refractivity contribution in [1.29, 1.82) is 0 Å². The lowest BCUT2D eigenvalue weighted by Gasteiger charge is -2.17. The molecule has 4 heteroatoms. The fourth-order valence-electron chi connectivity index (χ4n) is 2.94. The van der Waals surface area contributed by atoms with Crippen LogP contribution in [0.4, 0.5) is 0 Å². The molecule has 1 aromatic carbocycles. The van der Waals surface area contributed by atoms with E-state index in [1.165, 1.54) is 30.6 Å². The summed E-state index contributed by atoms with van der Waals surface area (Å²) in [5, 5.41) is 9.43. The quantitative estimate of drug-likeness (QED) is 0.399. The van der Waals surface area contributed by atoms with E-state index >= 15 is 0 Å². The first-order valence-electron chi connectivity index (χ1n) is 9.53. The summed E-state index contributed by atoms with van der Waals surface area (Å²) in [5.74, 6) is 2.71. The van der Waals surface area contributed by atoms with Gasteiger partial charge >= 0.3 is 5.97 Å². The Kier molecular flexibility index (Phi) is 10.7. The van der Waals surface area contributed by atoms with Crippen LogP contribution in [0.2, 0.25) is 0 Å². The van der Waals surface area contributed by atoms with Gasteiger partial charge in [0.1, 0.15) is 0 Å². The number of unbranched alkanes of at least 4 members (excludes halogenated alkanes) is 1. The SMILES string of the molecule is O=C(O)CCCCC(CCSCC1=CC=CCC1)SCc1ccccc1. The van der Waals surface area contributed by atoms with Crippen molar-refractivity contribution in [2.45, 2.75) is 55.9 Å². The fraction of sp³-hybridized carbons (Fsp3) is 0.500. The van der Waals surface area contributed by atoms with Gasteiger partial charge in [0.25, 0.3) is 0 Å². The lowest BCUT2D eigenvalue weighted by atomic mass is 10.1. The first kappa shape index (κ1) is 21.2. The maximum absolute atomic E-state index is 10.7. The zero-order valence-electron chi connectivity index (χ0n) is 15.4. The Morgan fingerprint density at radius 1 is 1.12 bits per heavy atom. The molecule has 0 saturated carbocycles. The summed E-state index contributed by atoms with van der Waals surface area (Å²) in [7, 11) is 0. The van der Waals surface area contributed by atoms with Gasteiger partial charge in [-0.25, -0.2) is 0 Å². The normalized spacial score (nSPS) is 14.8. The number of thioether (sulfide) groups is 2. The van der Waals surface area contributed by atoms with Crippen LogP contribution in [0.1, 0.15) is 50.5 Å². The van der Waals surface area contributed by atoms with Crippen LogP contribution in [-0.4, -0.2) is 27.8 Å². The van der Waals surface area contributed by atoms with Crippen LogP contribution in [0.25, 0.3) is 0 Å². The molecule has 0 radical (unpaired) electrons. The lowest BCUT2D eigenvalue weighted by molar-refractivity contribution is -0.137. The van der Waals surface area contributed by atoms with E-state index in [1.807, 2.05) is 23.5 Å². The van der Waals surface area contributed by atoms with Crippen LogP contribution in [0.15, 0.2) is 54.1 Å². The zero-order chi connectivity index (χ0) is 18.5. The van der Waals surface area contributed by atoms with E-state index in [4.69, 9.17) is 5.11 Å². The Morgan fingerprint density at radius 2 is 1.96 bits per heavy atom. The number of carboxylic acids is 1. The molecule has 0 spiro atoms. The van der Waals surface area contributed by atoms with Crippen LogP contribution >= 0.6 is 23.5 Å². The molecule has 0 fully saturated rings. The first-order chi connectivity index (χ1) is 12.7. The highest BCUT2D eigenvalue weighted by molar-refractivity contribution is 8.00. The van der Waals surface area contributed by atoms with Crippen LogP contribution < -0.4 is 0 Å². The molecule has 1 aromatic rings. The van der Waals surface area contributed by atoms with Crippen molar-refractivity contribution < 1.29 is 9.90 Å². The van der Waals surface area contributed by atoms with Gasteiger partial charge in [0.15, 0.2) is 0 Å². The van der Waals surface area contributed by atoms with E-state index < -0.39 is 5.97 Å². The molecular formula is C22H30O2S2. The molecule has 1 atom stereocenters. The van der Waals surface area contributed by atoms with Crippen molar-refractivity contribution in [3.05, 3.63) is 59.7 Å². The van der Waals surface area contributed by atoms with E-state index in [1.54, 1.807) is 5.57 Å². The Hall–Kier alpha value is -1.13. The Labute approximate surface area is 166 Å². The summed E-state index contributed by atoms with van der Waals surface area (Å²) < 4.78 is 0. The molecule has 2 rings (SSSR count). The van der Waals surface area contributed by atoms with Gasteiger partial charge in [-0.3, -0.25) is 4.79 Å². The number of benzene rings is 1. The molecule has 0 aromatic heterocycles. The van der Waals surface area contributed by atoms with Crippen LogP contribution in [0.3, 0.4) is 0 Å². The highest BCUT2D eigenvalue weighted by Crippen LogP contribution is 2.27. The summed E-state index contributed by atoms with van der Waals surface area (Å²) in [5.41, 5.74) is 2.94. The molecular weight excluding hydrogens is 360 g/mol. The number of hydrogen-bond donors (Lipinski definition) is 1. The Bertz CT molecular complexity index is 581. The van der Waals surface area contributed by atoms with E-state index in [2.05, 4.69) is 48.6 Å². The number of hydrogen-bond acceptors (Lipinski definition) is 3.